The number of thioether (sulfide) groups is 1. The highest BCUT2D eigenvalue weighted by Crippen LogP contribution is 2.37. The normalized spacial score (nSPS) is 10.9. The molecule has 2 heterocycles. The zero-order chi connectivity index (χ0) is 20.3. The lowest BCUT2D eigenvalue weighted by Gasteiger charge is -2.09. The predicted molar refractivity (Wildman–Crippen MR) is 116 cm³/mol. The van der Waals surface area contributed by atoms with E-state index in [1.807, 2.05) is 50.4 Å². The van der Waals surface area contributed by atoms with Gasteiger partial charge in [0, 0.05) is 16.0 Å². The van der Waals surface area contributed by atoms with Gasteiger partial charge in [-0.2, -0.15) is 0 Å². The molecule has 3 rings (SSSR count). The molecule has 5 nitrogen and oxygen atoms in total. The van der Waals surface area contributed by atoms with E-state index in [2.05, 4.69) is 10.3 Å². The Morgan fingerprint density at radius 2 is 1.93 bits per heavy atom. The first-order valence-electron chi connectivity index (χ1n) is 8.93. The van der Waals surface area contributed by atoms with Gasteiger partial charge in [0.25, 0.3) is 0 Å². The summed E-state index contributed by atoms with van der Waals surface area (Å²) in [5.74, 6) is -0.621. The van der Waals surface area contributed by atoms with Crippen LogP contribution in [-0.4, -0.2) is 29.7 Å². The fourth-order valence-electron chi connectivity index (χ4n) is 3.01. The van der Waals surface area contributed by atoms with Crippen molar-refractivity contribution in [1.29, 1.82) is 0 Å². The number of ether oxygens (including phenoxy) is 1. The summed E-state index contributed by atoms with van der Waals surface area (Å²) in [4.78, 5) is 31.9. The van der Waals surface area contributed by atoms with Gasteiger partial charge in [-0.25, -0.2) is 9.78 Å². The monoisotopic (exact) mass is 414 g/mol. The number of anilines is 1. The standard InChI is InChI=1S/C21H22N2O3S2/c1-5-26-21(25)19-18(17-12(2)10-13(3)22-20(17)28-19)23-16(24)11-14-6-8-15(27-4)9-7-14/h6-10H,5,11H2,1-4H3,(H,23,24). The minimum atomic E-state index is -0.442. The Kier molecular flexibility index (Phi) is 6.36. The number of hydrogen-bond acceptors (Lipinski definition) is 6. The molecule has 0 atom stereocenters. The molecule has 1 amide bonds. The minimum Gasteiger partial charge on any atom is -0.462 e. The van der Waals surface area contributed by atoms with E-state index in [0.29, 0.717) is 10.6 Å². The molecule has 0 bridgehead atoms. The Labute approximate surface area is 172 Å². The summed E-state index contributed by atoms with van der Waals surface area (Å²) in [7, 11) is 0. The summed E-state index contributed by atoms with van der Waals surface area (Å²) >= 11 is 2.91. The number of pyridine rings is 1. The number of aryl methyl sites for hydroxylation is 2. The fourth-order valence-corrected chi connectivity index (χ4v) is 4.57. The highest BCUT2D eigenvalue weighted by molar-refractivity contribution is 7.98. The number of esters is 1. The van der Waals surface area contributed by atoms with E-state index in [1.165, 1.54) is 11.3 Å². The SMILES string of the molecule is CCOC(=O)c1sc2nc(C)cc(C)c2c1NC(=O)Cc1ccc(SC)cc1. The molecule has 2 aromatic heterocycles. The number of nitrogens with one attached hydrogen (secondary N) is 1. The van der Waals surface area contributed by atoms with E-state index in [1.54, 1.807) is 18.7 Å². The second-order valence-electron chi connectivity index (χ2n) is 6.36. The summed E-state index contributed by atoms with van der Waals surface area (Å²) in [6.45, 7) is 5.89. The van der Waals surface area contributed by atoms with Crippen LogP contribution in [0.15, 0.2) is 35.2 Å². The lowest BCUT2D eigenvalue weighted by molar-refractivity contribution is -0.115. The molecule has 28 heavy (non-hydrogen) atoms. The molecule has 0 fully saturated rings. The van der Waals surface area contributed by atoms with Crippen LogP contribution < -0.4 is 5.32 Å². The number of aromatic nitrogens is 1. The molecular formula is C21H22N2O3S2. The topological polar surface area (TPSA) is 68.3 Å². The zero-order valence-electron chi connectivity index (χ0n) is 16.3. The average Bonchev–Trinajstić information content (AvgIpc) is 3.00. The molecule has 0 aliphatic rings. The lowest BCUT2D eigenvalue weighted by atomic mass is 10.1. The van der Waals surface area contributed by atoms with Crippen LogP contribution in [0.4, 0.5) is 5.69 Å². The number of fused-ring (bicyclic) bond motifs is 1. The van der Waals surface area contributed by atoms with Crippen LogP contribution in [0.2, 0.25) is 0 Å². The Morgan fingerprint density at radius 3 is 2.57 bits per heavy atom. The third kappa shape index (κ3) is 4.36. The van der Waals surface area contributed by atoms with Crippen LogP contribution in [0, 0.1) is 13.8 Å². The molecule has 146 valence electrons. The first kappa shape index (κ1) is 20.4. The average molecular weight is 415 g/mol. The molecule has 1 N–H and O–H groups in total. The van der Waals surface area contributed by atoms with Gasteiger partial charge in [-0.05, 0) is 56.4 Å². The molecule has 0 aliphatic heterocycles. The largest absolute Gasteiger partial charge is 0.462 e. The molecule has 3 aromatic rings. The van der Waals surface area contributed by atoms with Crippen molar-refractivity contribution < 1.29 is 14.3 Å². The number of hydrogen-bond donors (Lipinski definition) is 1. The maximum atomic E-state index is 12.7. The van der Waals surface area contributed by atoms with E-state index < -0.39 is 5.97 Å². The molecule has 0 saturated carbocycles. The molecular weight excluding hydrogens is 392 g/mol. The van der Waals surface area contributed by atoms with E-state index in [-0.39, 0.29) is 18.9 Å². The van der Waals surface area contributed by atoms with Gasteiger partial charge < -0.3 is 10.1 Å². The van der Waals surface area contributed by atoms with Gasteiger partial charge in [0.1, 0.15) is 9.71 Å². The van der Waals surface area contributed by atoms with Crippen LogP contribution in [0.1, 0.15) is 33.4 Å². The number of thiophene rings is 1. The summed E-state index contributed by atoms with van der Waals surface area (Å²) in [5, 5.41) is 3.73. The van der Waals surface area contributed by atoms with Crippen LogP contribution in [0.3, 0.4) is 0 Å². The first-order valence-corrected chi connectivity index (χ1v) is 11.0. The molecule has 1 aromatic carbocycles. The molecule has 0 radical (unpaired) electrons. The molecule has 0 aliphatic carbocycles. The van der Waals surface area contributed by atoms with Crippen molar-refractivity contribution in [1.82, 2.24) is 4.98 Å². The van der Waals surface area contributed by atoms with Crippen molar-refractivity contribution in [3.8, 4) is 0 Å². The van der Waals surface area contributed by atoms with Crippen molar-refractivity contribution in [2.45, 2.75) is 32.1 Å². The van der Waals surface area contributed by atoms with Gasteiger partial charge in [0.05, 0.1) is 18.7 Å². The highest BCUT2D eigenvalue weighted by atomic mass is 32.2. The molecule has 0 spiro atoms. The van der Waals surface area contributed by atoms with E-state index in [0.717, 1.165) is 31.9 Å². The van der Waals surface area contributed by atoms with Crippen molar-refractivity contribution in [3.63, 3.8) is 0 Å². The van der Waals surface area contributed by atoms with Crippen molar-refractivity contribution in [2.24, 2.45) is 0 Å². The highest BCUT2D eigenvalue weighted by Gasteiger charge is 2.23. The van der Waals surface area contributed by atoms with Gasteiger partial charge in [-0.1, -0.05) is 12.1 Å². The van der Waals surface area contributed by atoms with Crippen LogP contribution in [0.25, 0.3) is 10.2 Å². The Bertz CT molecular complexity index is 1030. The van der Waals surface area contributed by atoms with Crippen molar-refractivity contribution >= 4 is 50.9 Å². The minimum absolute atomic E-state index is 0.179. The summed E-state index contributed by atoms with van der Waals surface area (Å²) in [5.41, 5.74) is 3.25. The van der Waals surface area contributed by atoms with Crippen molar-refractivity contribution in [2.75, 3.05) is 18.2 Å². The third-order valence-electron chi connectivity index (χ3n) is 4.24. The Balaban J connectivity index is 1.94. The maximum absolute atomic E-state index is 12.7. The summed E-state index contributed by atoms with van der Waals surface area (Å²) in [6.07, 6.45) is 2.24. The Morgan fingerprint density at radius 1 is 1.21 bits per heavy atom. The molecule has 7 heteroatoms. The van der Waals surface area contributed by atoms with Crippen LogP contribution in [-0.2, 0) is 16.0 Å². The van der Waals surface area contributed by atoms with E-state index >= 15 is 0 Å². The van der Waals surface area contributed by atoms with E-state index in [9.17, 15) is 9.59 Å². The van der Waals surface area contributed by atoms with Gasteiger partial charge in [-0.15, -0.1) is 23.1 Å². The second kappa shape index (κ2) is 8.75. The smallest absolute Gasteiger partial charge is 0.350 e. The predicted octanol–water partition coefficient (Wildman–Crippen LogP) is 4.99. The van der Waals surface area contributed by atoms with Gasteiger partial charge >= 0.3 is 5.97 Å². The van der Waals surface area contributed by atoms with Gasteiger partial charge in [0.15, 0.2) is 0 Å². The van der Waals surface area contributed by atoms with Gasteiger partial charge in [-0.3, -0.25) is 4.79 Å². The second-order valence-corrected chi connectivity index (χ2v) is 8.24. The molecule has 0 unspecified atom stereocenters. The lowest BCUT2D eigenvalue weighted by Crippen LogP contribution is -2.16. The number of carbonyl (C=O) groups excluding carboxylic acids is 2. The summed E-state index contributed by atoms with van der Waals surface area (Å²) in [6, 6.07) is 9.82. The number of nitrogens with zero attached hydrogens (tertiary/aromatic N) is 1. The van der Waals surface area contributed by atoms with Crippen molar-refractivity contribution in [3.05, 3.63) is 52.0 Å². The number of benzene rings is 1. The summed E-state index contributed by atoms with van der Waals surface area (Å²) < 4.78 is 5.18. The van der Waals surface area contributed by atoms with Gasteiger partial charge in [0.2, 0.25) is 5.91 Å². The number of carbonyl (C=O) groups is 2. The fraction of sp³-hybridized carbons (Fsp3) is 0.286. The first-order chi connectivity index (χ1) is 13.4. The van der Waals surface area contributed by atoms with Crippen LogP contribution in [0.5, 0.6) is 0 Å². The maximum Gasteiger partial charge on any atom is 0.350 e. The molecule has 0 saturated heterocycles. The quantitative estimate of drug-likeness (QED) is 0.454. The van der Waals surface area contributed by atoms with E-state index in [4.69, 9.17) is 4.74 Å². The van der Waals surface area contributed by atoms with Crippen LogP contribution >= 0.6 is 23.1 Å². The number of rotatable bonds is 6. The third-order valence-corrected chi connectivity index (χ3v) is 6.04. The number of amides is 1. The zero-order valence-corrected chi connectivity index (χ0v) is 17.9. The Hall–Kier alpha value is -2.38.